The lowest BCUT2D eigenvalue weighted by Crippen LogP contribution is -2.07. The van der Waals surface area contributed by atoms with E-state index in [9.17, 15) is 0 Å². The van der Waals surface area contributed by atoms with Crippen LogP contribution >= 0.6 is 11.3 Å². The molecule has 0 unspecified atom stereocenters. The highest BCUT2D eigenvalue weighted by molar-refractivity contribution is 7.14. The number of methoxy groups -OCH3 is 2. The van der Waals surface area contributed by atoms with Crippen LogP contribution in [-0.4, -0.2) is 31.5 Å². The van der Waals surface area contributed by atoms with Crippen LogP contribution in [0, 0.1) is 0 Å². The molecule has 0 amide bonds. The number of hydrogen-bond acceptors (Lipinski definition) is 7. The zero-order chi connectivity index (χ0) is 19.9. The maximum atomic E-state index is 5.79. The fraction of sp³-hybridized carbons (Fsp3) is 0.238. The van der Waals surface area contributed by atoms with Crippen LogP contribution in [0.1, 0.15) is 19.4 Å². The molecule has 3 rings (SSSR count). The van der Waals surface area contributed by atoms with Crippen molar-refractivity contribution in [3.05, 3.63) is 53.4 Å². The summed E-state index contributed by atoms with van der Waals surface area (Å²) in [5, 5.41) is 6.95. The number of thiazole rings is 1. The Hall–Kier alpha value is -3.06. The molecule has 0 atom stereocenters. The van der Waals surface area contributed by atoms with E-state index in [0.717, 1.165) is 22.6 Å². The minimum absolute atomic E-state index is 0.0583. The molecule has 0 aliphatic rings. The summed E-state index contributed by atoms with van der Waals surface area (Å²) in [4.78, 5) is 4.57. The van der Waals surface area contributed by atoms with Gasteiger partial charge in [0.15, 0.2) is 11.5 Å². The molecule has 0 aliphatic heterocycles. The summed E-state index contributed by atoms with van der Waals surface area (Å²) in [7, 11) is 3.28. The van der Waals surface area contributed by atoms with Crippen LogP contribution in [0.4, 0.5) is 5.13 Å². The molecule has 1 heterocycles. The average Bonchev–Trinajstić information content (AvgIpc) is 3.16. The number of ether oxygens (including phenoxy) is 3. The van der Waals surface area contributed by atoms with Crippen molar-refractivity contribution in [3.8, 4) is 28.5 Å². The highest BCUT2D eigenvalue weighted by atomic mass is 32.1. The van der Waals surface area contributed by atoms with Gasteiger partial charge in [-0.15, -0.1) is 11.3 Å². The van der Waals surface area contributed by atoms with Crippen LogP contribution < -0.4 is 19.6 Å². The van der Waals surface area contributed by atoms with E-state index < -0.39 is 0 Å². The van der Waals surface area contributed by atoms with E-state index in [-0.39, 0.29) is 6.10 Å². The molecule has 146 valence electrons. The molecule has 0 spiro atoms. The molecule has 0 aliphatic carbocycles. The van der Waals surface area contributed by atoms with E-state index in [1.807, 2.05) is 61.7 Å². The van der Waals surface area contributed by atoms with Gasteiger partial charge >= 0.3 is 0 Å². The van der Waals surface area contributed by atoms with Crippen LogP contribution in [0.2, 0.25) is 0 Å². The summed E-state index contributed by atoms with van der Waals surface area (Å²) in [5.41, 5.74) is 5.66. The monoisotopic (exact) mass is 397 g/mol. The van der Waals surface area contributed by atoms with E-state index >= 15 is 0 Å². The summed E-state index contributed by atoms with van der Waals surface area (Å²) in [6, 6.07) is 13.5. The van der Waals surface area contributed by atoms with E-state index in [0.29, 0.717) is 16.6 Å². The van der Waals surface area contributed by atoms with E-state index in [4.69, 9.17) is 14.2 Å². The van der Waals surface area contributed by atoms with Gasteiger partial charge < -0.3 is 14.2 Å². The molecule has 0 fully saturated rings. The lowest BCUT2D eigenvalue weighted by atomic mass is 10.1. The third-order valence-electron chi connectivity index (χ3n) is 3.81. The van der Waals surface area contributed by atoms with Gasteiger partial charge in [0.1, 0.15) is 5.75 Å². The molecule has 28 heavy (non-hydrogen) atoms. The number of aromatic nitrogens is 1. The number of hydrazone groups is 1. The number of nitrogens with one attached hydrogen (secondary N) is 1. The van der Waals surface area contributed by atoms with Crippen molar-refractivity contribution in [2.75, 3.05) is 19.6 Å². The molecule has 6 nitrogen and oxygen atoms in total. The topological polar surface area (TPSA) is 65.0 Å². The van der Waals surface area contributed by atoms with Crippen molar-refractivity contribution in [1.29, 1.82) is 0 Å². The zero-order valence-electron chi connectivity index (χ0n) is 16.3. The van der Waals surface area contributed by atoms with Crippen LogP contribution in [0.25, 0.3) is 11.3 Å². The molecule has 2 aromatic carbocycles. The summed E-state index contributed by atoms with van der Waals surface area (Å²) in [6.07, 6.45) is 1.78. The second-order valence-electron chi connectivity index (χ2n) is 6.19. The van der Waals surface area contributed by atoms with Crippen molar-refractivity contribution in [1.82, 2.24) is 4.98 Å². The molecule has 0 saturated carbocycles. The fourth-order valence-corrected chi connectivity index (χ4v) is 3.25. The number of para-hydroxylation sites is 1. The summed E-state index contributed by atoms with van der Waals surface area (Å²) >= 11 is 1.48. The van der Waals surface area contributed by atoms with Gasteiger partial charge in [0.25, 0.3) is 0 Å². The molecule has 7 heteroatoms. The van der Waals surface area contributed by atoms with Gasteiger partial charge in [-0.05, 0) is 49.7 Å². The highest BCUT2D eigenvalue weighted by Crippen LogP contribution is 2.32. The van der Waals surface area contributed by atoms with Crippen molar-refractivity contribution >= 4 is 22.7 Å². The highest BCUT2D eigenvalue weighted by Gasteiger charge is 2.09. The van der Waals surface area contributed by atoms with Crippen LogP contribution in [-0.2, 0) is 0 Å². The van der Waals surface area contributed by atoms with Crippen molar-refractivity contribution in [2.24, 2.45) is 5.10 Å². The Kier molecular flexibility index (Phi) is 6.49. The maximum Gasteiger partial charge on any atom is 0.203 e. The predicted molar refractivity (Wildman–Crippen MR) is 114 cm³/mol. The average molecular weight is 398 g/mol. The Morgan fingerprint density at radius 3 is 2.57 bits per heavy atom. The minimum atomic E-state index is 0.0583. The molecule has 0 radical (unpaired) electrons. The molecular formula is C21H23N3O3S. The lowest BCUT2D eigenvalue weighted by molar-refractivity contribution is 0.230. The summed E-state index contributed by atoms with van der Waals surface area (Å²) in [5.74, 6) is 2.17. The van der Waals surface area contributed by atoms with E-state index in [2.05, 4.69) is 15.5 Å². The first-order valence-corrected chi connectivity index (χ1v) is 9.71. The first-order chi connectivity index (χ1) is 13.6. The minimum Gasteiger partial charge on any atom is -0.496 e. The maximum absolute atomic E-state index is 5.79. The predicted octanol–water partition coefficient (Wildman–Crippen LogP) is 5.06. The van der Waals surface area contributed by atoms with E-state index in [1.54, 1.807) is 20.4 Å². The van der Waals surface area contributed by atoms with Gasteiger partial charge in [0, 0.05) is 10.9 Å². The Morgan fingerprint density at radius 1 is 1.04 bits per heavy atom. The van der Waals surface area contributed by atoms with Gasteiger partial charge in [0.2, 0.25) is 5.13 Å². The summed E-state index contributed by atoms with van der Waals surface area (Å²) in [6.45, 7) is 3.95. The van der Waals surface area contributed by atoms with Crippen LogP contribution in [0.5, 0.6) is 17.2 Å². The number of rotatable bonds is 8. The SMILES string of the molecule is COc1ccc(/C=N\Nc2nc(-c3ccccc3OC)cs2)cc1OC(C)C. The number of hydrogen-bond donors (Lipinski definition) is 1. The second-order valence-corrected chi connectivity index (χ2v) is 7.04. The van der Waals surface area contributed by atoms with Crippen molar-refractivity contribution < 1.29 is 14.2 Å². The van der Waals surface area contributed by atoms with Gasteiger partial charge in [-0.25, -0.2) is 4.98 Å². The number of anilines is 1. The second kappa shape index (κ2) is 9.23. The Labute approximate surface area is 168 Å². The Bertz CT molecular complexity index is 954. The summed E-state index contributed by atoms with van der Waals surface area (Å²) < 4.78 is 16.5. The smallest absolute Gasteiger partial charge is 0.203 e. The fourth-order valence-electron chi connectivity index (χ4n) is 2.59. The largest absolute Gasteiger partial charge is 0.496 e. The molecular weight excluding hydrogens is 374 g/mol. The third kappa shape index (κ3) is 4.80. The van der Waals surface area contributed by atoms with E-state index in [1.165, 1.54) is 11.3 Å². The van der Waals surface area contributed by atoms with Crippen molar-refractivity contribution in [2.45, 2.75) is 20.0 Å². The first-order valence-electron chi connectivity index (χ1n) is 8.83. The molecule has 3 aromatic rings. The molecule has 0 saturated heterocycles. The Balaban J connectivity index is 1.71. The van der Waals surface area contributed by atoms with Crippen LogP contribution in [0.3, 0.4) is 0 Å². The first kappa shape index (κ1) is 19.7. The van der Waals surface area contributed by atoms with Gasteiger partial charge in [-0.2, -0.15) is 5.10 Å². The molecule has 1 N–H and O–H groups in total. The Morgan fingerprint density at radius 2 is 1.82 bits per heavy atom. The third-order valence-corrected chi connectivity index (χ3v) is 4.56. The quantitative estimate of drug-likeness (QED) is 0.425. The van der Waals surface area contributed by atoms with Gasteiger partial charge in [-0.1, -0.05) is 12.1 Å². The number of benzene rings is 2. The standard InChI is InChI=1S/C21H23N3O3S/c1-14(2)27-20-11-15(9-10-19(20)26-4)12-22-24-21-23-17(13-28-21)16-7-5-6-8-18(16)25-3/h5-14H,1-4H3,(H,23,24)/b22-12-. The van der Waals surface area contributed by atoms with Gasteiger partial charge in [-0.3, -0.25) is 5.43 Å². The normalized spacial score (nSPS) is 11.0. The zero-order valence-corrected chi connectivity index (χ0v) is 17.1. The number of nitrogens with zero attached hydrogens (tertiary/aromatic N) is 2. The molecule has 0 bridgehead atoms. The molecule has 1 aromatic heterocycles. The lowest BCUT2D eigenvalue weighted by Gasteiger charge is -2.13. The van der Waals surface area contributed by atoms with Crippen LogP contribution in [0.15, 0.2) is 52.9 Å². The van der Waals surface area contributed by atoms with Crippen molar-refractivity contribution in [3.63, 3.8) is 0 Å². The van der Waals surface area contributed by atoms with Gasteiger partial charge in [0.05, 0.1) is 32.2 Å².